The van der Waals surface area contributed by atoms with Crippen LogP contribution >= 0.6 is 0 Å². The minimum Gasteiger partial charge on any atom is -0.375 e. The van der Waals surface area contributed by atoms with Crippen molar-refractivity contribution in [2.24, 2.45) is 0 Å². The molecule has 0 bridgehead atoms. The zero-order valence-electron chi connectivity index (χ0n) is 18.3. The molecule has 5 rings (SSSR count). The molecule has 1 aliphatic heterocycles. The molecular weight excluding hydrogens is 420 g/mol. The molecule has 0 fully saturated rings. The van der Waals surface area contributed by atoms with E-state index in [4.69, 9.17) is 4.74 Å². The van der Waals surface area contributed by atoms with Gasteiger partial charge in [-0.25, -0.2) is 4.79 Å². The maximum Gasteiger partial charge on any atom is 0.414 e. The lowest BCUT2D eigenvalue weighted by molar-refractivity contribution is 0.0704. The van der Waals surface area contributed by atoms with Crippen LogP contribution in [-0.2, 0) is 5.72 Å². The van der Waals surface area contributed by atoms with E-state index in [2.05, 4.69) is 15.3 Å². The maximum atomic E-state index is 13.5. The molecule has 0 saturated carbocycles. The van der Waals surface area contributed by atoms with E-state index in [0.29, 0.717) is 33.4 Å². The number of H-pyrrole nitrogens is 1. The summed E-state index contributed by atoms with van der Waals surface area (Å²) in [6.45, 7) is 3.90. The number of ether oxygens (including phenoxy) is 1. The summed E-state index contributed by atoms with van der Waals surface area (Å²) in [5.74, 6) is -0.286. The smallest absolute Gasteiger partial charge is 0.375 e. The number of carbonyl (C=O) groups excluding carboxylic acids is 2. The minimum absolute atomic E-state index is 0.0301. The Bertz CT molecular complexity index is 1410. The molecule has 1 aromatic heterocycles. The lowest BCUT2D eigenvalue weighted by atomic mass is 9.93. The number of benzene rings is 3. The molecule has 0 saturated heterocycles. The van der Waals surface area contributed by atoms with Crippen LogP contribution in [0.1, 0.15) is 32.6 Å². The van der Waals surface area contributed by atoms with Crippen LogP contribution in [0.5, 0.6) is 6.01 Å². The highest BCUT2D eigenvalue weighted by Gasteiger charge is 2.50. The Morgan fingerprint density at radius 3 is 2.55 bits per heavy atom. The van der Waals surface area contributed by atoms with Crippen LogP contribution in [0.15, 0.2) is 60.7 Å². The molecule has 8 heteroatoms. The van der Waals surface area contributed by atoms with Crippen LogP contribution in [0.3, 0.4) is 0 Å². The second kappa shape index (κ2) is 7.46. The maximum absolute atomic E-state index is 13.5. The van der Waals surface area contributed by atoms with Crippen molar-refractivity contribution < 1.29 is 19.4 Å². The summed E-state index contributed by atoms with van der Waals surface area (Å²) >= 11 is 0. The highest BCUT2D eigenvalue weighted by atomic mass is 16.6. The Labute approximate surface area is 189 Å². The molecule has 3 N–H and O–H groups in total. The van der Waals surface area contributed by atoms with Crippen LogP contribution < -0.4 is 15.0 Å². The molecule has 1 unspecified atom stereocenters. The van der Waals surface area contributed by atoms with Gasteiger partial charge in [-0.3, -0.25) is 9.69 Å². The molecular formula is C25H22N4O4. The number of fused-ring (bicyclic) bond motifs is 2. The first-order chi connectivity index (χ1) is 15.8. The predicted octanol–water partition coefficient (Wildman–Crippen LogP) is 3.75. The third-order valence-electron chi connectivity index (χ3n) is 5.78. The van der Waals surface area contributed by atoms with Gasteiger partial charge in [0.1, 0.15) is 0 Å². The number of rotatable bonds is 3. The molecule has 4 aromatic rings. The van der Waals surface area contributed by atoms with Crippen LogP contribution in [0.25, 0.3) is 11.0 Å². The fourth-order valence-corrected chi connectivity index (χ4v) is 4.42. The highest BCUT2D eigenvalue weighted by molar-refractivity contribution is 6.12. The Morgan fingerprint density at radius 2 is 1.82 bits per heavy atom. The number of nitrogens with one attached hydrogen (secondary N) is 2. The third kappa shape index (κ3) is 3.23. The lowest BCUT2D eigenvalue weighted by Crippen LogP contribution is -2.45. The van der Waals surface area contributed by atoms with Gasteiger partial charge in [-0.15, -0.1) is 0 Å². The largest absolute Gasteiger partial charge is 0.414 e. The van der Waals surface area contributed by atoms with E-state index in [9.17, 15) is 14.7 Å². The number of nitrogens with zero attached hydrogens (tertiary/aromatic N) is 2. The highest BCUT2D eigenvalue weighted by Crippen LogP contribution is 2.45. The summed E-state index contributed by atoms with van der Waals surface area (Å²) in [6, 6.07) is 18.0. The topological polar surface area (TPSA) is 108 Å². The number of carbonyl (C=O) groups is 2. The van der Waals surface area contributed by atoms with Gasteiger partial charge in [0.25, 0.3) is 5.91 Å². The summed E-state index contributed by atoms with van der Waals surface area (Å²) < 4.78 is 5.09. The normalized spacial score (nSPS) is 17.3. The van der Waals surface area contributed by atoms with Crippen molar-refractivity contribution in [3.05, 3.63) is 88.5 Å². The Balaban J connectivity index is 1.69. The zero-order valence-corrected chi connectivity index (χ0v) is 18.3. The van der Waals surface area contributed by atoms with Crippen molar-refractivity contribution in [1.82, 2.24) is 15.3 Å². The Kier molecular flexibility index (Phi) is 4.68. The van der Waals surface area contributed by atoms with Crippen LogP contribution in [0.4, 0.5) is 10.5 Å². The number of hydrogen-bond acceptors (Lipinski definition) is 5. The van der Waals surface area contributed by atoms with E-state index >= 15 is 0 Å². The number of anilines is 1. The molecule has 0 spiro atoms. The number of imidazole rings is 1. The van der Waals surface area contributed by atoms with Crippen LogP contribution in [-0.4, -0.2) is 34.1 Å². The SMILES string of the molecule is CNC(=O)Oc1nc2ccc(C3(O)c4ccccc4C(=O)N3c3cc(C)cc(C)c3)cc2[nH]1. The number of aliphatic hydroxyl groups is 1. The average Bonchev–Trinajstić information content (AvgIpc) is 3.29. The van der Waals surface area contributed by atoms with Crippen LogP contribution in [0.2, 0.25) is 0 Å². The summed E-state index contributed by atoms with van der Waals surface area (Å²) in [5.41, 5.74) is 3.34. The molecule has 0 aliphatic carbocycles. The first-order valence-corrected chi connectivity index (χ1v) is 10.5. The summed E-state index contributed by atoms with van der Waals surface area (Å²) in [6.07, 6.45) is -0.649. The molecule has 33 heavy (non-hydrogen) atoms. The Morgan fingerprint density at radius 1 is 1.09 bits per heavy atom. The molecule has 2 amide bonds. The van der Waals surface area contributed by atoms with Crippen molar-refractivity contribution >= 4 is 28.7 Å². The van der Waals surface area contributed by atoms with E-state index in [-0.39, 0.29) is 11.9 Å². The molecule has 166 valence electrons. The first kappa shape index (κ1) is 20.7. The van der Waals surface area contributed by atoms with Crippen molar-refractivity contribution in [2.75, 3.05) is 11.9 Å². The minimum atomic E-state index is -1.74. The van der Waals surface area contributed by atoms with Crippen molar-refractivity contribution in [1.29, 1.82) is 0 Å². The van der Waals surface area contributed by atoms with Crippen molar-refractivity contribution in [2.45, 2.75) is 19.6 Å². The second-order valence-corrected chi connectivity index (χ2v) is 8.12. The van der Waals surface area contributed by atoms with Gasteiger partial charge in [-0.05, 0) is 55.3 Å². The van der Waals surface area contributed by atoms with Crippen LogP contribution in [0, 0.1) is 13.8 Å². The zero-order chi connectivity index (χ0) is 23.3. The fourth-order valence-electron chi connectivity index (χ4n) is 4.42. The molecule has 1 atom stereocenters. The van der Waals surface area contributed by atoms with Gasteiger partial charge >= 0.3 is 12.1 Å². The second-order valence-electron chi connectivity index (χ2n) is 8.12. The van der Waals surface area contributed by atoms with Gasteiger partial charge in [0.15, 0.2) is 5.72 Å². The number of aromatic amines is 1. The molecule has 1 aliphatic rings. The average molecular weight is 442 g/mol. The van der Waals surface area contributed by atoms with E-state index in [1.165, 1.54) is 11.9 Å². The molecule has 3 aromatic carbocycles. The quantitative estimate of drug-likeness (QED) is 0.448. The standard InChI is InChI=1S/C25H22N4O4/c1-14-10-15(2)12-17(11-14)29-22(30)18-6-4-5-7-19(18)25(29,32)16-8-9-20-21(13-16)28-23(27-20)33-24(31)26-3/h4-13,32H,1-3H3,(H,26,31)(H,27,28). The van der Waals surface area contributed by atoms with Gasteiger partial charge in [-0.2, -0.15) is 4.98 Å². The van der Waals surface area contributed by atoms with Gasteiger partial charge in [0.05, 0.1) is 11.0 Å². The monoisotopic (exact) mass is 442 g/mol. The number of amides is 2. The first-order valence-electron chi connectivity index (χ1n) is 10.5. The van der Waals surface area contributed by atoms with Gasteiger partial charge in [-0.1, -0.05) is 30.3 Å². The van der Waals surface area contributed by atoms with E-state index in [1.807, 2.05) is 32.0 Å². The molecule has 0 radical (unpaired) electrons. The summed E-state index contributed by atoms with van der Waals surface area (Å²) in [7, 11) is 1.45. The number of aryl methyl sites for hydroxylation is 2. The van der Waals surface area contributed by atoms with Gasteiger partial charge in [0, 0.05) is 29.4 Å². The number of hydrogen-bond donors (Lipinski definition) is 3. The lowest BCUT2D eigenvalue weighted by Gasteiger charge is -2.35. The predicted molar refractivity (Wildman–Crippen MR) is 123 cm³/mol. The number of aromatic nitrogens is 2. The van der Waals surface area contributed by atoms with Gasteiger partial charge in [0.2, 0.25) is 0 Å². The van der Waals surface area contributed by atoms with Crippen molar-refractivity contribution in [3.8, 4) is 6.01 Å². The third-order valence-corrected chi connectivity index (χ3v) is 5.78. The fraction of sp³-hybridized carbons (Fsp3) is 0.160. The van der Waals surface area contributed by atoms with E-state index in [1.54, 1.807) is 42.5 Å². The summed E-state index contributed by atoms with van der Waals surface area (Å²) in [5, 5.41) is 14.6. The summed E-state index contributed by atoms with van der Waals surface area (Å²) in [4.78, 5) is 33.7. The van der Waals surface area contributed by atoms with E-state index < -0.39 is 11.8 Å². The van der Waals surface area contributed by atoms with Gasteiger partial charge < -0.3 is 20.1 Å². The molecule has 2 heterocycles. The van der Waals surface area contributed by atoms with Crippen molar-refractivity contribution in [3.63, 3.8) is 0 Å². The van der Waals surface area contributed by atoms with E-state index in [0.717, 1.165) is 11.1 Å². The molecule has 8 nitrogen and oxygen atoms in total. The Hall–Kier alpha value is -4.17.